The van der Waals surface area contributed by atoms with E-state index in [4.69, 9.17) is 0 Å². The number of nitrogens with one attached hydrogen (secondary N) is 3. The summed E-state index contributed by atoms with van der Waals surface area (Å²) in [5.74, 6) is 0.494. The Morgan fingerprint density at radius 3 is 2.55 bits per heavy atom. The Labute approximate surface area is 131 Å². The van der Waals surface area contributed by atoms with Gasteiger partial charge in [-0.1, -0.05) is 24.6 Å². The van der Waals surface area contributed by atoms with Crippen molar-refractivity contribution < 1.29 is 9.59 Å². The molecule has 0 radical (unpaired) electrons. The summed E-state index contributed by atoms with van der Waals surface area (Å²) in [6, 6.07) is 7.32. The van der Waals surface area contributed by atoms with Gasteiger partial charge in [0.1, 0.15) is 0 Å². The highest BCUT2D eigenvalue weighted by atomic mass is 16.2. The molecule has 1 aromatic rings. The van der Waals surface area contributed by atoms with E-state index < -0.39 is 0 Å². The smallest absolute Gasteiger partial charge is 0.251 e. The summed E-state index contributed by atoms with van der Waals surface area (Å²) in [7, 11) is 0. The normalized spacial score (nSPS) is 21.2. The third-order valence-corrected chi connectivity index (χ3v) is 4.01. The van der Waals surface area contributed by atoms with Crippen molar-refractivity contribution in [1.82, 2.24) is 16.0 Å². The van der Waals surface area contributed by atoms with Crippen molar-refractivity contribution in [2.24, 2.45) is 5.92 Å². The Morgan fingerprint density at radius 2 is 1.86 bits per heavy atom. The van der Waals surface area contributed by atoms with Crippen LogP contribution in [0.4, 0.5) is 0 Å². The fourth-order valence-corrected chi connectivity index (χ4v) is 2.60. The van der Waals surface area contributed by atoms with Crippen LogP contribution >= 0.6 is 0 Å². The Hall–Kier alpha value is -1.88. The maximum atomic E-state index is 12.0. The van der Waals surface area contributed by atoms with E-state index in [-0.39, 0.29) is 17.9 Å². The SMILES string of the molecule is Cc1ccc(C(=O)NCCNC(=O)C2CC(C)CCN2)cc1. The summed E-state index contributed by atoms with van der Waals surface area (Å²) in [5.41, 5.74) is 1.76. The Morgan fingerprint density at radius 1 is 1.18 bits per heavy atom. The van der Waals surface area contributed by atoms with Gasteiger partial charge in [-0.3, -0.25) is 9.59 Å². The van der Waals surface area contributed by atoms with Crippen LogP contribution in [0, 0.1) is 12.8 Å². The lowest BCUT2D eigenvalue weighted by molar-refractivity contribution is -0.123. The number of carbonyl (C=O) groups excluding carboxylic acids is 2. The molecule has 120 valence electrons. The summed E-state index contributed by atoms with van der Waals surface area (Å²) in [6.45, 7) is 5.92. The Balaban J connectivity index is 1.67. The van der Waals surface area contributed by atoms with Gasteiger partial charge in [-0.15, -0.1) is 0 Å². The molecule has 0 aromatic heterocycles. The van der Waals surface area contributed by atoms with Crippen molar-refractivity contribution in [3.63, 3.8) is 0 Å². The number of hydrogen-bond donors (Lipinski definition) is 3. The van der Waals surface area contributed by atoms with Gasteiger partial charge in [0.2, 0.25) is 5.91 Å². The molecule has 1 aromatic carbocycles. The molecule has 2 unspecified atom stereocenters. The zero-order valence-electron chi connectivity index (χ0n) is 13.3. The quantitative estimate of drug-likeness (QED) is 0.717. The third-order valence-electron chi connectivity index (χ3n) is 4.01. The molecule has 1 saturated heterocycles. The molecule has 1 fully saturated rings. The number of piperidine rings is 1. The molecule has 0 spiro atoms. The number of carbonyl (C=O) groups is 2. The molecule has 22 heavy (non-hydrogen) atoms. The van der Waals surface area contributed by atoms with E-state index >= 15 is 0 Å². The van der Waals surface area contributed by atoms with E-state index in [1.165, 1.54) is 0 Å². The van der Waals surface area contributed by atoms with Gasteiger partial charge in [-0.2, -0.15) is 0 Å². The van der Waals surface area contributed by atoms with Crippen molar-refractivity contribution >= 4 is 11.8 Å². The van der Waals surface area contributed by atoms with Gasteiger partial charge < -0.3 is 16.0 Å². The van der Waals surface area contributed by atoms with Crippen molar-refractivity contribution in [2.45, 2.75) is 32.7 Å². The third kappa shape index (κ3) is 4.84. The minimum atomic E-state index is -0.112. The van der Waals surface area contributed by atoms with Crippen molar-refractivity contribution in [2.75, 3.05) is 19.6 Å². The molecular formula is C17H25N3O2. The van der Waals surface area contributed by atoms with Gasteiger partial charge in [0, 0.05) is 18.7 Å². The first-order chi connectivity index (χ1) is 10.6. The second-order valence-electron chi connectivity index (χ2n) is 6.05. The molecule has 2 rings (SSSR count). The van der Waals surface area contributed by atoms with E-state index in [1.807, 2.05) is 19.1 Å². The maximum absolute atomic E-state index is 12.0. The molecule has 0 bridgehead atoms. The minimum Gasteiger partial charge on any atom is -0.353 e. The van der Waals surface area contributed by atoms with Crippen molar-refractivity contribution in [1.29, 1.82) is 0 Å². The van der Waals surface area contributed by atoms with Crippen LogP contribution in [-0.4, -0.2) is 37.5 Å². The monoisotopic (exact) mass is 303 g/mol. The van der Waals surface area contributed by atoms with Crippen LogP contribution in [0.1, 0.15) is 35.7 Å². The zero-order chi connectivity index (χ0) is 15.9. The average molecular weight is 303 g/mol. The highest BCUT2D eigenvalue weighted by Gasteiger charge is 2.23. The molecule has 1 aliphatic rings. The lowest BCUT2D eigenvalue weighted by Crippen LogP contribution is -2.49. The van der Waals surface area contributed by atoms with Crippen LogP contribution in [0.5, 0.6) is 0 Å². The maximum Gasteiger partial charge on any atom is 0.251 e. The molecule has 1 aliphatic heterocycles. The number of hydrogen-bond acceptors (Lipinski definition) is 3. The first-order valence-electron chi connectivity index (χ1n) is 7.92. The predicted octanol–water partition coefficient (Wildman–Crippen LogP) is 1.23. The molecule has 0 saturated carbocycles. The van der Waals surface area contributed by atoms with Gasteiger partial charge >= 0.3 is 0 Å². The lowest BCUT2D eigenvalue weighted by Gasteiger charge is -2.27. The molecule has 3 N–H and O–H groups in total. The van der Waals surface area contributed by atoms with Crippen LogP contribution in [0.3, 0.4) is 0 Å². The molecule has 1 heterocycles. The van der Waals surface area contributed by atoms with Crippen molar-refractivity contribution in [3.8, 4) is 0 Å². The summed E-state index contributed by atoms with van der Waals surface area (Å²) in [6.07, 6.45) is 2.00. The van der Waals surface area contributed by atoms with E-state index in [9.17, 15) is 9.59 Å². The first-order valence-corrected chi connectivity index (χ1v) is 7.92. The number of benzene rings is 1. The Bertz CT molecular complexity index is 513. The topological polar surface area (TPSA) is 70.2 Å². The van der Waals surface area contributed by atoms with Gasteiger partial charge in [0.05, 0.1) is 6.04 Å². The zero-order valence-corrected chi connectivity index (χ0v) is 13.3. The predicted molar refractivity (Wildman–Crippen MR) is 86.7 cm³/mol. The number of aryl methyl sites for hydroxylation is 1. The summed E-state index contributed by atoms with van der Waals surface area (Å²) < 4.78 is 0. The standard InChI is InChI=1S/C17H25N3O2/c1-12-3-5-14(6-4-12)16(21)19-9-10-20-17(22)15-11-13(2)7-8-18-15/h3-6,13,15,18H,7-11H2,1-2H3,(H,19,21)(H,20,22). The van der Waals surface area contributed by atoms with Crippen LogP contribution in [0.25, 0.3) is 0 Å². The number of amides is 2. The molecule has 2 atom stereocenters. The van der Waals surface area contributed by atoms with E-state index in [0.29, 0.717) is 24.6 Å². The van der Waals surface area contributed by atoms with E-state index in [1.54, 1.807) is 12.1 Å². The summed E-state index contributed by atoms with van der Waals surface area (Å²) in [5, 5.41) is 8.91. The van der Waals surface area contributed by atoms with Gasteiger partial charge in [-0.25, -0.2) is 0 Å². The molecule has 2 amide bonds. The van der Waals surface area contributed by atoms with Gasteiger partial charge in [0.15, 0.2) is 0 Å². The van der Waals surface area contributed by atoms with Gasteiger partial charge in [0.25, 0.3) is 5.91 Å². The minimum absolute atomic E-state index is 0.0242. The molecule has 5 heteroatoms. The summed E-state index contributed by atoms with van der Waals surface area (Å²) in [4.78, 5) is 23.9. The van der Waals surface area contributed by atoms with E-state index in [2.05, 4.69) is 22.9 Å². The molecule has 5 nitrogen and oxygen atoms in total. The van der Waals surface area contributed by atoms with Gasteiger partial charge in [-0.05, 0) is 44.4 Å². The first kappa shape index (κ1) is 16.5. The lowest BCUT2D eigenvalue weighted by atomic mass is 9.94. The fraction of sp³-hybridized carbons (Fsp3) is 0.529. The van der Waals surface area contributed by atoms with Crippen LogP contribution in [0.15, 0.2) is 24.3 Å². The van der Waals surface area contributed by atoms with Crippen LogP contribution < -0.4 is 16.0 Å². The summed E-state index contributed by atoms with van der Waals surface area (Å²) >= 11 is 0. The average Bonchev–Trinajstić information content (AvgIpc) is 2.51. The Kier molecular flexibility index (Phi) is 5.95. The highest BCUT2D eigenvalue weighted by molar-refractivity contribution is 5.94. The molecule has 0 aliphatic carbocycles. The van der Waals surface area contributed by atoms with E-state index in [0.717, 1.165) is 24.9 Å². The number of rotatable bonds is 5. The second kappa shape index (κ2) is 7.94. The largest absolute Gasteiger partial charge is 0.353 e. The second-order valence-corrected chi connectivity index (χ2v) is 6.05. The molecular weight excluding hydrogens is 278 g/mol. The fourth-order valence-electron chi connectivity index (χ4n) is 2.60. The highest BCUT2D eigenvalue weighted by Crippen LogP contribution is 2.14. The van der Waals surface area contributed by atoms with Crippen LogP contribution in [0.2, 0.25) is 0 Å². The van der Waals surface area contributed by atoms with Crippen LogP contribution in [-0.2, 0) is 4.79 Å². The van der Waals surface area contributed by atoms with Crippen molar-refractivity contribution in [3.05, 3.63) is 35.4 Å².